The lowest BCUT2D eigenvalue weighted by atomic mass is 9.92. The van der Waals surface area contributed by atoms with Crippen LogP contribution in [0.3, 0.4) is 0 Å². The zero-order valence-corrected chi connectivity index (χ0v) is 17.7. The van der Waals surface area contributed by atoms with Crippen molar-refractivity contribution in [2.45, 2.75) is 78.4 Å². The molecule has 5 heteroatoms. The molecule has 1 fully saturated rings. The van der Waals surface area contributed by atoms with Crippen LogP contribution in [-0.4, -0.2) is 39.4 Å². The van der Waals surface area contributed by atoms with Crippen LogP contribution < -0.4 is 4.74 Å². The minimum atomic E-state index is 0.0363. The predicted molar refractivity (Wildman–Crippen MR) is 110 cm³/mol. The molecule has 0 amide bonds. The van der Waals surface area contributed by atoms with Crippen molar-refractivity contribution in [2.75, 3.05) is 13.1 Å². The smallest absolute Gasteiger partial charge is 0.152 e. The summed E-state index contributed by atoms with van der Waals surface area (Å²) in [7, 11) is 0. The molecular weight excluding hydrogens is 336 g/mol. The number of nitrogens with zero attached hydrogens (tertiary/aromatic N) is 3. The van der Waals surface area contributed by atoms with Crippen LogP contribution in [-0.2, 0) is 5.41 Å². The lowest BCUT2D eigenvalue weighted by molar-refractivity contribution is 0.0291. The Morgan fingerprint density at radius 2 is 1.85 bits per heavy atom. The summed E-state index contributed by atoms with van der Waals surface area (Å²) < 4.78 is 6.52. The average molecular weight is 371 g/mol. The number of H-pyrrole nitrogens is 1. The second-order valence-corrected chi connectivity index (χ2v) is 8.50. The van der Waals surface area contributed by atoms with Crippen LogP contribution in [0, 0.1) is 0 Å². The van der Waals surface area contributed by atoms with E-state index in [2.05, 4.69) is 68.8 Å². The van der Waals surface area contributed by atoms with Crippen LogP contribution in [0.5, 0.6) is 5.75 Å². The van der Waals surface area contributed by atoms with Crippen molar-refractivity contribution in [3.63, 3.8) is 0 Å². The average Bonchev–Trinajstić information content (AvgIpc) is 3.35. The van der Waals surface area contributed by atoms with Crippen molar-refractivity contribution in [3.8, 4) is 17.1 Å². The van der Waals surface area contributed by atoms with Gasteiger partial charge in [0.2, 0.25) is 0 Å². The van der Waals surface area contributed by atoms with Crippen LogP contribution in [0.15, 0.2) is 18.3 Å². The normalized spacial score (nSPS) is 16.0. The highest BCUT2D eigenvalue weighted by Gasteiger charge is 2.29. The van der Waals surface area contributed by atoms with Crippen molar-refractivity contribution >= 4 is 0 Å². The van der Waals surface area contributed by atoms with E-state index in [1.807, 2.05) is 6.20 Å². The van der Waals surface area contributed by atoms with Crippen molar-refractivity contribution in [1.29, 1.82) is 0 Å². The Morgan fingerprint density at radius 1 is 1.15 bits per heavy atom. The van der Waals surface area contributed by atoms with Crippen molar-refractivity contribution < 1.29 is 4.74 Å². The number of aromatic nitrogens is 3. The summed E-state index contributed by atoms with van der Waals surface area (Å²) in [6, 6.07) is 4.19. The highest BCUT2D eigenvalue weighted by atomic mass is 16.5. The first-order valence-corrected chi connectivity index (χ1v) is 10.3. The molecule has 148 valence electrons. The fourth-order valence-electron chi connectivity index (χ4n) is 3.42. The van der Waals surface area contributed by atoms with E-state index in [-0.39, 0.29) is 11.6 Å². The van der Waals surface area contributed by atoms with Gasteiger partial charge in [-0.1, -0.05) is 41.5 Å². The molecule has 2 heterocycles. The number of pyridine rings is 1. The van der Waals surface area contributed by atoms with E-state index in [9.17, 15) is 0 Å². The first-order valence-electron chi connectivity index (χ1n) is 10.3. The van der Waals surface area contributed by atoms with Gasteiger partial charge in [-0.05, 0) is 44.3 Å². The molecule has 1 atom stereocenters. The summed E-state index contributed by atoms with van der Waals surface area (Å²) >= 11 is 0. The monoisotopic (exact) mass is 370 g/mol. The van der Waals surface area contributed by atoms with Crippen molar-refractivity contribution in [1.82, 2.24) is 20.1 Å². The van der Waals surface area contributed by atoms with Gasteiger partial charge < -0.3 is 4.74 Å². The Hall–Kier alpha value is -1.88. The fourth-order valence-corrected chi connectivity index (χ4v) is 3.42. The quantitative estimate of drug-likeness (QED) is 0.657. The molecule has 1 N–H and O–H groups in total. The summed E-state index contributed by atoms with van der Waals surface area (Å²) in [6.07, 6.45) is 5.52. The molecule has 27 heavy (non-hydrogen) atoms. The number of hydrogen-bond donors (Lipinski definition) is 1. The molecule has 0 aromatic carbocycles. The molecule has 0 aliphatic heterocycles. The lowest BCUT2D eigenvalue weighted by Crippen LogP contribution is -2.39. The van der Waals surface area contributed by atoms with Gasteiger partial charge in [-0.25, -0.2) is 0 Å². The molecule has 0 saturated heterocycles. The largest absolute Gasteiger partial charge is 0.475 e. The molecule has 0 spiro atoms. The Balaban J connectivity index is 1.92. The van der Waals surface area contributed by atoms with Crippen molar-refractivity contribution in [3.05, 3.63) is 29.6 Å². The maximum absolute atomic E-state index is 6.52. The minimum Gasteiger partial charge on any atom is -0.475 e. The summed E-state index contributed by atoms with van der Waals surface area (Å²) in [6.45, 7) is 15.1. The Morgan fingerprint density at radius 3 is 2.37 bits per heavy atom. The molecule has 2 aromatic rings. The zero-order valence-electron chi connectivity index (χ0n) is 17.7. The lowest BCUT2D eigenvalue weighted by Gasteiger charge is -2.30. The maximum Gasteiger partial charge on any atom is 0.152 e. The molecular formula is C22H34N4O. The van der Waals surface area contributed by atoms with Gasteiger partial charge in [-0.15, -0.1) is 0 Å². The standard InChI is InChI=1S/C22H34N4O/c1-7-21(26(8-2)9-3)27-19-12-17(23-14-16(19)15-10-11-15)18-13-20(25-24-18)22(4,5)6/h12-15,21H,7-11H2,1-6H3,(H,24,25). The van der Waals surface area contributed by atoms with Gasteiger partial charge in [0, 0.05) is 28.9 Å². The van der Waals surface area contributed by atoms with Crippen LogP contribution in [0.4, 0.5) is 0 Å². The third kappa shape index (κ3) is 4.52. The van der Waals surface area contributed by atoms with Crippen molar-refractivity contribution in [2.24, 2.45) is 0 Å². The fraction of sp³-hybridized carbons (Fsp3) is 0.636. The van der Waals surface area contributed by atoms with Crippen LogP contribution in [0.25, 0.3) is 11.4 Å². The van der Waals surface area contributed by atoms with Gasteiger partial charge >= 0.3 is 0 Å². The highest BCUT2D eigenvalue weighted by Crippen LogP contribution is 2.45. The minimum absolute atomic E-state index is 0.0363. The molecule has 3 rings (SSSR count). The number of ether oxygens (including phenoxy) is 1. The van der Waals surface area contributed by atoms with Gasteiger partial charge in [-0.2, -0.15) is 5.10 Å². The van der Waals surface area contributed by atoms with E-state index < -0.39 is 0 Å². The van der Waals surface area contributed by atoms with Gasteiger partial charge in [0.15, 0.2) is 6.23 Å². The molecule has 5 nitrogen and oxygen atoms in total. The topological polar surface area (TPSA) is 54.0 Å². The number of nitrogens with one attached hydrogen (secondary N) is 1. The van der Waals surface area contributed by atoms with Gasteiger partial charge in [0.1, 0.15) is 11.4 Å². The van der Waals surface area contributed by atoms with Gasteiger partial charge in [0.05, 0.1) is 5.69 Å². The summed E-state index contributed by atoms with van der Waals surface area (Å²) in [5.74, 6) is 1.57. The second-order valence-electron chi connectivity index (χ2n) is 8.50. The molecule has 0 bridgehead atoms. The molecule has 2 aromatic heterocycles. The van der Waals surface area contributed by atoms with Crippen LogP contribution >= 0.6 is 0 Å². The van der Waals surface area contributed by atoms with Gasteiger partial charge in [-0.3, -0.25) is 15.0 Å². The first kappa shape index (κ1) is 19.9. The molecule has 1 aliphatic carbocycles. The van der Waals surface area contributed by atoms with Crippen LogP contribution in [0.2, 0.25) is 0 Å². The Labute approximate surface area is 163 Å². The predicted octanol–water partition coefficient (Wildman–Crippen LogP) is 5.10. The number of hydrogen-bond acceptors (Lipinski definition) is 4. The van der Waals surface area contributed by atoms with E-state index >= 15 is 0 Å². The number of rotatable bonds is 8. The molecule has 1 saturated carbocycles. The summed E-state index contributed by atoms with van der Waals surface area (Å²) in [4.78, 5) is 7.07. The van der Waals surface area contributed by atoms with Crippen LogP contribution in [0.1, 0.15) is 78.0 Å². The third-order valence-electron chi connectivity index (χ3n) is 5.39. The van der Waals surface area contributed by atoms with E-state index in [1.165, 1.54) is 18.4 Å². The Bertz CT molecular complexity index is 754. The molecule has 1 aliphatic rings. The number of aromatic amines is 1. The van der Waals surface area contributed by atoms with Gasteiger partial charge in [0.25, 0.3) is 0 Å². The summed E-state index contributed by atoms with van der Waals surface area (Å²) in [5.41, 5.74) is 4.14. The molecule has 0 radical (unpaired) electrons. The van der Waals surface area contributed by atoms with E-state index in [0.717, 1.165) is 42.3 Å². The molecule has 1 unspecified atom stereocenters. The van der Waals surface area contributed by atoms with E-state index in [4.69, 9.17) is 9.72 Å². The third-order valence-corrected chi connectivity index (χ3v) is 5.39. The maximum atomic E-state index is 6.52. The zero-order chi connectivity index (χ0) is 19.6. The highest BCUT2D eigenvalue weighted by molar-refractivity contribution is 5.58. The Kier molecular flexibility index (Phi) is 5.89. The van der Waals surface area contributed by atoms with E-state index in [0.29, 0.717) is 5.92 Å². The SMILES string of the molecule is CCC(Oc1cc(-c2cc(C(C)(C)C)[nH]n2)ncc1C1CC1)N(CC)CC. The van der Waals surface area contributed by atoms with E-state index in [1.54, 1.807) is 0 Å². The first-order chi connectivity index (χ1) is 12.9. The summed E-state index contributed by atoms with van der Waals surface area (Å²) in [5, 5.41) is 7.66. The second kappa shape index (κ2) is 8.01.